The van der Waals surface area contributed by atoms with Crippen LogP contribution in [0.25, 0.3) is 0 Å². The molecule has 6 heteroatoms. The number of carbonyl (C=O) groups excluding carboxylic acids is 2. The Labute approximate surface area is 134 Å². The second kappa shape index (κ2) is 9.54. The zero-order valence-corrected chi connectivity index (χ0v) is 14.6. The number of aryl methyl sites for hydroxylation is 2. The lowest BCUT2D eigenvalue weighted by Gasteiger charge is -2.07. The van der Waals surface area contributed by atoms with E-state index in [1.165, 1.54) is 0 Å². The number of benzene rings is 1. The van der Waals surface area contributed by atoms with Gasteiger partial charge in [-0.1, -0.05) is 57.3 Å². The molecule has 4 nitrogen and oxygen atoms in total. The van der Waals surface area contributed by atoms with E-state index in [4.69, 9.17) is 0 Å². The highest BCUT2D eigenvalue weighted by Gasteiger charge is 2.02. The molecule has 0 saturated carbocycles. The van der Waals surface area contributed by atoms with Crippen LogP contribution in [-0.4, -0.2) is 20.7 Å². The number of nitrogens with two attached hydrogens (primary N) is 1. The fourth-order valence-corrected chi connectivity index (χ4v) is 1.24. The minimum absolute atomic E-state index is 0.0503. The highest BCUT2D eigenvalue weighted by atomic mass is 127. The van der Waals surface area contributed by atoms with Gasteiger partial charge in [-0.3, -0.25) is 9.59 Å². The quantitative estimate of drug-likeness (QED) is 0.523. The number of anilines is 1. The number of halogens is 2. The van der Waals surface area contributed by atoms with Crippen molar-refractivity contribution < 1.29 is 9.59 Å². The summed E-state index contributed by atoms with van der Waals surface area (Å²) in [5.41, 5.74) is 7.83. The van der Waals surface area contributed by atoms with E-state index < -0.39 is 0 Å². The van der Waals surface area contributed by atoms with Gasteiger partial charge in [0.15, 0.2) is 0 Å². The van der Waals surface area contributed by atoms with Gasteiger partial charge in [0.1, 0.15) is 0 Å². The van der Waals surface area contributed by atoms with E-state index in [1.807, 2.05) is 77.2 Å². The maximum atomic E-state index is 11.1. The molecule has 0 aliphatic rings. The number of hydrogen-bond donors (Lipinski definition) is 2. The smallest absolute Gasteiger partial charge is 0.234 e. The van der Waals surface area contributed by atoms with E-state index in [9.17, 15) is 9.59 Å². The van der Waals surface area contributed by atoms with Gasteiger partial charge < -0.3 is 11.1 Å². The third-order valence-corrected chi connectivity index (χ3v) is 3.36. The molecule has 0 saturated heterocycles. The maximum Gasteiger partial charge on any atom is 0.234 e. The van der Waals surface area contributed by atoms with Crippen molar-refractivity contribution in [1.82, 2.24) is 0 Å². The first-order chi connectivity index (χ1) is 8.40. The number of nitrogens with one attached hydrogen (secondary N) is 1. The van der Waals surface area contributed by atoms with Gasteiger partial charge in [-0.2, -0.15) is 0 Å². The Kier molecular flexibility index (Phi) is 9.34. The Balaban J connectivity index is 0.000000494. The van der Waals surface area contributed by atoms with Gasteiger partial charge in [0.25, 0.3) is 0 Å². The molecule has 0 atom stereocenters. The number of alkyl halides is 2. The summed E-state index contributed by atoms with van der Waals surface area (Å²) in [6.45, 7) is 4.00. The molecule has 1 rings (SSSR count). The van der Waals surface area contributed by atoms with Gasteiger partial charge >= 0.3 is 0 Å². The summed E-state index contributed by atoms with van der Waals surface area (Å²) >= 11 is 3.95. The summed E-state index contributed by atoms with van der Waals surface area (Å²) in [4.78, 5) is 20.7. The Morgan fingerprint density at radius 1 is 1.22 bits per heavy atom. The molecule has 0 aliphatic carbocycles. The molecule has 1 aromatic rings. The van der Waals surface area contributed by atoms with Crippen LogP contribution in [0.5, 0.6) is 0 Å². The standard InChI is InChI=1S/C10H12INO.C2H4INO/c1-7-3-4-8(2)9(5-7)12-10(13)6-11;3-1-2(4)5/h3-5H,6H2,1-2H3,(H,12,13);1H2,(H2,4,5). The summed E-state index contributed by atoms with van der Waals surface area (Å²) in [5.74, 6) is -0.208. The number of hydrogen-bond acceptors (Lipinski definition) is 2. The molecule has 0 aromatic heterocycles. The lowest BCUT2D eigenvalue weighted by Crippen LogP contribution is -2.13. The highest BCUT2D eigenvalue weighted by Crippen LogP contribution is 2.16. The molecule has 0 unspecified atom stereocenters. The normalized spacial score (nSPS) is 9.11. The number of primary amides is 1. The summed E-state index contributed by atoms with van der Waals surface area (Å²) in [7, 11) is 0. The van der Waals surface area contributed by atoms with E-state index in [0.717, 1.165) is 16.8 Å². The number of amides is 2. The Morgan fingerprint density at radius 2 is 1.78 bits per heavy atom. The van der Waals surface area contributed by atoms with E-state index in [-0.39, 0.29) is 11.8 Å². The van der Waals surface area contributed by atoms with Gasteiger partial charge in [0.05, 0.1) is 8.86 Å². The monoisotopic (exact) mass is 474 g/mol. The zero-order chi connectivity index (χ0) is 14.1. The Morgan fingerprint density at radius 3 is 2.22 bits per heavy atom. The first kappa shape index (κ1) is 17.6. The summed E-state index contributed by atoms with van der Waals surface area (Å²) in [6.07, 6.45) is 0. The molecule has 0 spiro atoms. The van der Waals surface area contributed by atoms with Crippen LogP contribution in [-0.2, 0) is 9.59 Å². The molecule has 0 radical (unpaired) electrons. The van der Waals surface area contributed by atoms with Crippen LogP contribution in [0.2, 0.25) is 0 Å². The van der Waals surface area contributed by atoms with E-state index in [0.29, 0.717) is 8.86 Å². The summed E-state index contributed by atoms with van der Waals surface area (Å²) in [5, 5.41) is 2.85. The molecule has 0 aliphatic heterocycles. The molecule has 3 N–H and O–H groups in total. The van der Waals surface area contributed by atoms with E-state index in [1.54, 1.807) is 0 Å². The van der Waals surface area contributed by atoms with Crippen molar-refractivity contribution in [2.24, 2.45) is 5.73 Å². The van der Waals surface area contributed by atoms with Crippen LogP contribution in [0.4, 0.5) is 5.69 Å². The van der Waals surface area contributed by atoms with Crippen LogP contribution in [0, 0.1) is 13.8 Å². The van der Waals surface area contributed by atoms with Gasteiger partial charge in [-0.25, -0.2) is 0 Å². The molecule has 0 bridgehead atoms. The predicted molar refractivity (Wildman–Crippen MR) is 91.5 cm³/mol. The summed E-state index contributed by atoms with van der Waals surface area (Å²) in [6, 6.07) is 6.03. The van der Waals surface area contributed by atoms with Crippen molar-refractivity contribution in [3.05, 3.63) is 29.3 Å². The van der Waals surface area contributed by atoms with Gasteiger partial charge in [-0.15, -0.1) is 0 Å². The lowest BCUT2D eigenvalue weighted by atomic mass is 10.1. The molecule has 0 fully saturated rings. The lowest BCUT2D eigenvalue weighted by molar-refractivity contribution is -0.115. The third kappa shape index (κ3) is 7.85. The fourth-order valence-electron chi connectivity index (χ4n) is 1.05. The molecule has 100 valence electrons. The molecule has 2 amide bonds. The Hall–Kier alpha value is -0.380. The van der Waals surface area contributed by atoms with Crippen LogP contribution < -0.4 is 11.1 Å². The second-order valence-electron chi connectivity index (χ2n) is 3.60. The van der Waals surface area contributed by atoms with E-state index in [2.05, 4.69) is 11.1 Å². The van der Waals surface area contributed by atoms with Gasteiger partial charge in [0.2, 0.25) is 11.8 Å². The van der Waals surface area contributed by atoms with Gasteiger partial charge in [0, 0.05) is 5.69 Å². The van der Waals surface area contributed by atoms with Crippen molar-refractivity contribution in [2.45, 2.75) is 13.8 Å². The average Bonchev–Trinajstić information content (AvgIpc) is 2.34. The van der Waals surface area contributed by atoms with Crippen LogP contribution in [0.3, 0.4) is 0 Å². The second-order valence-corrected chi connectivity index (χ2v) is 5.13. The largest absolute Gasteiger partial charge is 0.369 e. The number of carbonyl (C=O) groups is 2. The topological polar surface area (TPSA) is 72.2 Å². The van der Waals surface area contributed by atoms with Crippen LogP contribution >= 0.6 is 45.2 Å². The van der Waals surface area contributed by atoms with Crippen molar-refractivity contribution in [3.63, 3.8) is 0 Å². The Bertz CT molecular complexity index is 423. The SMILES string of the molecule is Cc1ccc(C)c(NC(=O)CI)c1.NC(=O)CI. The molecule has 0 heterocycles. The fraction of sp³-hybridized carbons (Fsp3) is 0.333. The highest BCUT2D eigenvalue weighted by molar-refractivity contribution is 14.1. The zero-order valence-electron chi connectivity index (χ0n) is 10.3. The molecular formula is C12H16I2N2O2. The first-order valence-corrected chi connectivity index (χ1v) is 8.23. The minimum atomic E-state index is -0.259. The van der Waals surface area contributed by atoms with Crippen molar-refractivity contribution in [2.75, 3.05) is 14.2 Å². The average molecular weight is 474 g/mol. The summed E-state index contributed by atoms with van der Waals surface area (Å²) < 4.78 is 0.906. The van der Waals surface area contributed by atoms with Gasteiger partial charge in [-0.05, 0) is 31.0 Å². The first-order valence-electron chi connectivity index (χ1n) is 5.18. The molecule has 18 heavy (non-hydrogen) atoms. The van der Waals surface area contributed by atoms with E-state index >= 15 is 0 Å². The van der Waals surface area contributed by atoms with Crippen molar-refractivity contribution in [1.29, 1.82) is 0 Å². The van der Waals surface area contributed by atoms with Crippen molar-refractivity contribution >= 4 is 62.7 Å². The molecular weight excluding hydrogens is 458 g/mol. The minimum Gasteiger partial charge on any atom is -0.369 e. The number of rotatable bonds is 3. The van der Waals surface area contributed by atoms with Crippen LogP contribution in [0.15, 0.2) is 18.2 Å². The van der Waals surface area contributed by atoms with Crippen LogP contribution in [0.1, 0.15) is 11.1 Å². The van der Waals surface area contributed by atoms with Crippen molar-refractivity contribution in [3.8, 4) is 0 Å². The third-order valence-electron chi connectivity index (χ3n) is 1.92. The predicted octanol–water partition coefficient (Wildman–Crippen LogP) is 2.58. The maximum absolute atomic E-state index is 11.1. The molecule has 1 aromatic carbocycles.